The van der Waals surface area contributed by atoms with Gasteiger partial charge in [0.25, 0.3) is 0 Å². The Morgan fingerprint density at radius 1 is 1.22 bits per heavy atom. The summed E-state index contributed by atoms with van der Waals surface area (Å²) in [6.45, 7) is 2.12. The number of likely N-dealkylation sites (tertiary alicyclic amines) is 1. The summed E-state index contributed by atoms with van der Waals surface area (Å²) < 4.78 is 0. The van der Waals surface area contributed by atoms with Crippen molar-refractivity contribution in [2.24, 2.45) is 11.8 Å². The Bertz CT molecular complexity index is 606. The van der Waals surface area contributed by atoms with E-state index in [0.29, 0.717) is 5.13 Å². The molecular weight excluding hydrogens is 316 g/mol. The summed E-state index contributed by atoms with van der Waals surface area (Å²) in [5.41, 5.74) is 0. The summed E-state index contributed by atoms with van der Waals surface area (Å²) in [4.78, 5) is 37.9. The van der Waals surface area contributed by atoms with E-state index in [9.17, 15) is 14.4 Å². The Kier molecular flexibility index (Phi) is 4.70. The van der Waals surface area contributed by atoms with Gasteiger partial charge in [-0.1, -0.05) is 31.1 Å². The van der Waals surface area contributed by atoms with Gasteiger partial charge in [0.05, 0.1) is 11.8 Å². The molecule has 0 radical (unpaired) electrons. The van der Waals surface area contributed by atoms with E-state index in [1.54, 1.807) is 0 Å². The lowest BCUT2D eigenvalue weighted by Crippen LogP contribution is -2.34. The molecule has 1 saturated heterocycles. The van der Waals surface area contributed by atoms with Crippen LogP contribution in [-0.4, -0.2) is 39.4 Å². The standard InChI is InChI=1S/C15H20N4O3S/c1-2-12-17-18-15(23-12)16-11(20)7-8-19-13(21)9-5-3-4-6-10(9)14(19)22/h9-10H,2-8H2,1H3,(H,16,18,20)/t9-,10-/m1/s1. The zero-order chi connectivity index (χ0) is 16.4. The molecule has 0 spiro atoms. The van der Waals surface area contributed by atoms with Gasteiger partial charge in [0.1, 0.15) is 5.01 Å². The first-order valence-electron chi connectivity index (χ1n) is 8.07. The molecule has 8 heteroatoms. The minimum absolute atomic E-state index is 0.0952. The van der Waals surface area contributed by atoms with Crippen LogP contribution in [0, 0.1) is 11.8 Å². The monoisotopic (exact) mass is 336 g/mol. The zero-order valence-electron chi connectivity index (χ0n) is 13.1. The van der Waals surface area contributed by atoms with Crippen LogP contribution >= 0.6 is 11.3 Å². The lowest BCUT2D eigenvalue weighted by atomic mass is 9.81. The molecule has 1 aliphatic heterocycles. The molecule has 7 nitrogen and oxygen atoms in total. The fraction of sp³-hybridized carbons (Fsp3) is 0.667. The molecule has 1 aliphatic carbocycles. The molecule has 1 aromatic heterocycles. The average Bonchev–Trinajstić information content (AvgIpc) is 3.10. The second-order valence-corrected chi connectivity index (χ2v) is 7.04. The maximum atomic E-state index is 12.3. The quantitative estimate of drug-likeness (QED) is 0.825. The second-order valence-electron chi connectivity index (χ2n) is 5.98. The van der Waals surface area contributed by atoms with Crippen molar-refractivity contribution in [3.05, 3.63) is 5.01 Å². The Labute approximate surface area is 138 Å². The van der Waals surface area contributed by atoms with E-state index in [-0.39, 0.29) is 42.5 Å². The molecule has 1 aromatic rings. The van der Waals surface area contributed by atoms with Crippen molar-refractivity contribution in [3.8, 4) is 0 Å². The van der Waals surface area contributed by atoms with Gasteiger partial charge in [-0.05, 0) is 19.3 Å². The first kappa shape index (κ1) is 16.0. The summed E-state index contributed by atoms with van der Waals surface area (Å²) in [5.74, 6) is -0.767. The van der Waals surface area contributed by atoms with Gasteiger partial charge in [-0.3, -0.25) is 19.3 Å². The predicted molar refractivity (Wildman–Crippen MR) is 84.7 cm³/mol. The van der Waals surface area contributed by atoms with Crippen molar-refractivity contribution >= 4 is 34.2 Å². The van der Waals surface area contributed by atoms with Gasteiger partial charge in [-0.2, -0.15) is 0 Å². The van der Waals surface area contributed by atoms with Gasteiger partial charge < -0.3 is 5.32 Å². The highest BCUT2D eigenvalue weighted by molar-refractivity contribution is 7.15. The largest absolute Gasteiger partial charge is 0.300 e. The van der Waals surface area contributed by atoms with E-state index in [4.69, 9.17) is 0 Å². The van der Waals surface area contributed by atoms with E-state index in [1.807, 2.05) is 6.92 Å². The molecule has 3 amide bonds. The minimum Gasteiger partial charge on any atom is -0.300 e. The van der Waals surface area contributed by atoms with Crippen LogP contribution in [0.4, 0.5) is 5.13 Å². The maximum Gasteiger partial charge on any atom is 0.233 e. The summed E-state index contributed by atoms with van der Waals surface area (Å²) in [6, 6.07) is 0. The topological polar surface area (TPSA) is 92.3 Å². The number of hydrogen-bond donors (Lipinski definition) is 1. The maximum absolute atomic E-state index is 12.3. The van der Waals surface area contributed by atoms with Gasteiger partial charge in [-0.25, -0.2) is 0 Å². The summed E-state index contributed by atoms with van der Waals surface area (Å²) in [6.07, 6.45) is 4.47. The zero-order valence-corrected chi connectivity index (χ0v) is 13.9. The molecule has 2 aliphatic rings. The molecule has 2 heterocycles. The first-order chi connectivity index (χ1) is 11.1. The Morgan fingerprint density at radius 2 is 1.87 bits per heavy atom. The van der Waals surface area contributed by atoms with Crippen LogP contribution < -0.4 is 5.32 Å². The lowest BCUT2D eigenvalue weighted by molar-refractivity contribution is -0.140. The van der Waals surface area contributed by atoms with Crippen molar-refractivity contribution in [1.29, 1.82) is 0 Å². The molecule has 23 heavy (non-hydrogen) atoms. The molecule has 1 N–H and O–H groups in total. The van der Waals surface area contributed by atoms with E-state index >= 15 is 0 Å². The van der Waals surface area contributed by atoms with Crippen molar-refractivity contribution in [2.75, 3.05) is 11.9 Å². The highest BCUT2D eigenvalue weighted by Crippen LogP contribution is 2.37. The van der Waals surface area contributed by atoms with Gasteiger partial charge in [-0.15, -0.1) is 10.2 Å². The van der Waals surface area contributed by atoms with Gasteiger partial charge in [0.2, 0.25) is 22.9 Å². The molecular formula is C15H20N4O3S. The predicted octanol–water partition coefficient (Wildman–Crippen LogP) is 1.60. The third kappa shape index (κ3) is 3.26. The minimum atomic E-state index is -0.251. The van der Waals surface area contributed by atoms with Gasteiger partial charge >= 0.3 is 0 Å². The number of carbonyl (C=O) groups excluding carboxylic acids is 3. The van der Waals surface area contributed by atoms with Crippen LogP contribution in [0.2, 0.25) is 0 Å². The fourth-order valence-electron chi connectivity index (χ4n) is 3.29. The number of anilines is 1. The summed E-state index contributed by atoms with van der Waals surface area (Å²) in [7, 11) is 0. The molecule has 0 bridgehead atoms. The van der Waals surface area contributed by atoms with E-state index in [2.05, 4.69) is 15.5 Å². The highest BCUT2D eigenvalue weighted by Gasteiger charge is 2.47. The molecule has 1 saturated carbocycles. The van der Waals surface area contributed by atoms with Crippen molar-refractivity contribution < 1.29 is 14.4 Å². The third-order valence-corrected chi connectivity index (χ3v) is 5.49. The van der Waals surface area contributed by atoms with E-state index in [1.165, 1.54) is 16.2 Å². The Balaban J connectivity index is 1.54. The lowest BCUT2D eigenvalue weighted by Gasteiger charge is -2.19. The number of aryl methyl sites for hydroxylation is 1. The van der Waals surface area contributed by atoms with Gasteiger partial charge in [0, 0.05) is 13.0 Å². The Hall–Kier alpha value is -1.83. The second kappa shape index (κ2) is 6.74. The van der Waals surface area contributed by atoms with Crippen molar-refractivity contribution in [1.82, 2.24) is 15.1 Å². The SMILES string of the molecule is CCc1nnc(NC(=O)CCN2C(=O)[C@@H]3CCCC[C@H]3C2=O)s1. The average molecular weight is 336 g/mol. The highest BCUT2D eigenvalue weighted by atomic mass is 32.1. The van der Waals surface area contributed by atoms with Crippen LogP contribution in [-0.2, 0) is 20.8 Å². The van der Waals surface area contributed by atoms with Crippen molar-refractivity contribution in [3.63, 3.8) is 0 Å². The number of imide groups is 1. The summed E-state index contributed by atoms with van der Waals surface area (Å²) in [5, 5.41) is 11.8. The number of hydrogen-bond acceptors (Lipinski definition) is 6. The number of amides is 3. The third-order valence-electron chi connectivity index (χ3n) is 4.51. The Morgan fingerprint density at radius 3 is 2.43 bits per heavy atom. The van der Waals surface area contributed by atoms with Crippen LogP contribution in [0.15, 0.2) is 0 Å². The van der Waals surface area contributed by atoms with E-state index < -0.39 is 0 Å². The molecule has 2 atom stereocenters. The first-order valence-corrected chi connectivity index (χ1v) is 8.89. The number of nitrogens with zero attached hydrogens (tertiary/aromatic N) is 3. The van der Waals surface area contributed by atoms with Crippen molar-refractivity contribution in [2.45, 2.75) is 45.4 Å². The summed E-state index contributed by atoms with van der Waals surface area (Å²) >= 11 is 1.34. The van der Waals surface area contributed by atoms with Crippen LogP contribution in [0.3, 0.4) is 0 Å². The van der Waals surface area contributed by atoms with E-state index in [0.717, 1.165) is 37.1 Å². The molecule has 3 rings (SSSR count). The normalized spacial score (nSPS) is 24.0. The fourth-order valence-corrected chi connectivity index (χ4v) is 3.99. The molecule has 124 valence electrons. The number of rotatable bonds is 5. The number of carbonyl (C=O) groups is 3. The van der Waals surface area contributed by atoms with Gasteiger partial charge in [0.15, 0.2) is 0 Å². The number of aromatic nitrogens is 2. The number of fused-ring (bicyclic) bond motifs is 1. The molecule has 0 unspecified atom stereocenters. The molecule has 0 aromatic carbocycles. The number of nitrogens with one attached hydrogen (secondary N) is 1. The molecule has 2 fully saturated rings. The smallest absolute Gasteiger partial charge is 0.233 e. The van der Waals surface area contributed by atoms with Crippen LogP contribution in [0.25, 0.3) is 0 Å². The van der Waals surface area contributed by atoms with Crippen LogP contribution in [0.1, 0.15) is 44.0 Å². The van der Waals surface area contributed by atoms with Crippen LogP contribution in [0.5, 0.6) is 0 Å².